The number of nitrogens with zero attached hydrogens (tertiary/aromatic N) is 2. The number of nitrogens with one attached hydrogen (secondary N) is 2. The number of hydrogen-bond acceptors (Lipinski definition) is 4. The number of aromatic nitrogens is 2. The van der Waals surface area contributed by atoms with Crippen LogP contribution in [0.1, 0.15) is 56.3 Å². The minimum absolute atomic E-state index is 0.0926. The van der Waals surface area contributed by atoms with Crippen molar-refractivity contribution in [2.45, 2.75) is 64.0 Å². The van der Waals surface area contributed by atoms with Crippen molar-refractivity contribution in [1.29, 1.82) is 0 Å². The maximum Gasteiger partial charge on any atom is 0.255 e. The zero-order valence-electron chi connectivity index (χ0n) is 14.7. The summed E-state index contributed by atoms with van der Waals surface area (Å²) in [4.78, 5) is 14.7. The number of H-pyrrole nitrogens is 1. The molecule has 3 rings (SSSR count). The van der Waals surface area contributed by atoms with E-state index < -0.39 is 5.60 Å². The third-order valence-electron chi connectivity index (χ3n) is 5.39. The lowest BCUT2D eigenvalue weighted by molar-refractivity contribution is -0.157. The highest BCUT2D eigenvalue weighted by molar-refractivity contribution is 5.86. The van der Waals surface area contributed by atoms with Crippen molar-refractivity contribution in [3.63, 3.8) is 0 Å². The molecule has 1 unspecified atom stereocenters. The summed E-state index contributed by atoms with van der Waals surface area (Å²) < 4.78 is 0. The summed E-state index contributed by atoms with van der Waals surface area (Å²) in [5.74, 6) is 0.523. The van der Waals surface area contributed by atoms with E-state index in [1.54, 1.807) is 0 Å². The normalized spacial score (nSPS) is 26.1. The Hall–Kier alpha value is -1.40. The van der Waals surface area contributed by atoms with Crippen molar-refractivity contribution in [3.8, 4) is 0 Å². The molecular weight excluding hydrogens is 304 g/mol. The largest absolute Gasteiger partial charge is 0.379 e. The Morgan fingerprint density at radius 3 is 2.88 bits per heavy atom. The molecule has 0 bridgehead atoms. The summed E-state index contributed by atoms with van der Waals surface area (Å²) >= 11 is 0. The van der Waals surface area contributed by atoms with E-state index in [4.69, 9.17) is 0 Å². The molecule has 1 amide bonds. The fraction of sp³-hybridized carbons (Fsp3) is 0.778. The van der Waals surface area contributed by atoms with Crippen LogP contribution in [0.15, 0.2) is 6.07 Å². The van der Waals surface area contributed by atoms with E-state index in [9.17, 15) is 9.90 Å². The molecule has 6 heteroatoms. The Morgan fingerprint density at radius 1 is 1.38 bits per heavy atom. The van der Waals surface area contributed by atoms with Gasteiger partial charge in [0.15, 0.2) is 5.60 Å². The molecule has 1 saturated heterocycles. The van der Waals surface area contributed by atoms with Crippen LogP contribution in [0, 0.1) is 12.8 Å². The van der Waals surface area contributed by atoms with Crippen LogP contribution in [0.4, 0.5) is 0 Å². The second kappa shape index (κ2) is 7.66. The van der Waals surface area contributed by atoms with Crippen molar-refractivity contribution in [3.05, 3.63) is 17.5 Å². The maximum absolute atomic E-state index is 12.8. The van der Waals surface area contributed by atoms with E-state index in [1.165, 1.54) is 32.1 Å². The second-order valence-electron chi connectivity index (χ2n) is 7.54. The molecule has 2 fully saturated rings. The summed E-state index contributed by atoms with van der Waals surface area (Å²) in [5.41, 5.74) is 0.648. The molecule has 1 aromatic rings. The van der Waals surface area contributed by atoms with Gasteiger partial charge in [0.05, 0.1) is 5.69 Å². The number of piperidine rings is 1. The molecule has 1 atom stereocenters. The molecule has 1 aliphatic carbocycles. The minimum atomic E-state index is -1.27. The van der Waals surface area contributed by atoms with Crippen molar-refractivity contribution in [1.82, 2.24) is 20.4 Å². The first-order valence-corrected chi connectivity index (χ1v) is 9.30. The number of likely N-dealkylation sites (tertiary alicyclic amines) is 1. The summed E-state index contributed by atoms with van der Waals surface area (Å²) in [7, 11) is 0. The van der Waals surface area contributed by atoms with E-state index in [2.05, 4.69) is 15.5 Å². The summed E-state index contributed by atoms with van der Waals surface area (Å²) in [6.45, 7) is 4.41. The van der Waals surface area contributed by atoms with Gasteiger partial charge in [0.2, 0.25) is 0 Å². The molecule has 24 heavy (non-hydrogen) atoms. The van der Waals surface area contributed by atoms with Gasteiger partial charge in [-0.15, -0.1) is 0 Å². The number of carbonyl (C=O) groups is 1. The van der Waals surface area contributed by atoms with Gasteiger partial charge in [-0.05, 0) is 44.6 Å². The Kier molecular flexibility index (Phi) is 5.56. The molecule has 134 valence electrons. The third kappa shape index (κ3) is 4.16. The third-order valence-corrected chi connectivity index (χ3v) is 5.39. The minimum Gasteiger partial charge on any atom is -0.379 e. The van der Waals surface area contributed by atoms with Gasteiger partial charge >= 0.3 is 0 Å². The molecule has 1 aromatic heterocycles. The lowest BCUT2D eigenvalue weighted by atomic mass is 9.86. The highest BCUT2D eigenvalue weighted by Crippen LogP contribution is 2.28. The van der Waals surface area contributed by atoms with Crippen LogP contribution in [0.5, 0.6) is 0 Å². The lowest BCUT2D eigenvalue weighted by Crippen LogP contribution is -2.58. The average molecular weight is 334 g/mol. The van der Waals surface area contributed by atoms with E-state index in [0.717, 1.165) is 30.9 Å². The first-order chi connectivity index (χ1) is 11.6. The number of aryl methyl sites for hydroxylation is 1. The Bertz CT molecular complexity index is 553. The monoisotopic (exact) mass is 334 g/mol. The van der Waals surface area contributed by atoms with Crippen molar-refractivity contribution < 1.29 is 9.90 Å². The van der Waals surface area contributed by atoms with Crippen LogP contribution in [-0.4, -0.2) is 51.3 Å². The quantitative estimate of drug-likeness (QED) is 0.740. The lowest BCUT2D eigenvalue weighted by Gasteiger charge is -2.40. The Morgan fingerprint density at radius 2 is 2.17 bits per heavy atom. The van der Waals surface area contributed by atoms with Crippen LogP contribution < -0.4 is 5.32 Å². The van der Waals surface area contributed by atoms with Gasteiger partial charge in [0, 0.05) is 31.9 Å². The number of rotatable bonds is 6. The fourth-order valence-corrected chi connectivity index (χ4v) is 4.05. The molecule has 2 aliphatic rings. The highest BCUT2D eigenvalue weighted by Gasteiger charge is 2.42. The van der Waals surface area contributed by atoms with Gasteiger partial charge in [0.1, 0.15) is 0 Å². The van der Waals surface area contributed by atoms with Gasteiger partial charge in [0.25, 0.3) is 5.91 Å². The molecular formula is C18H30N4O2. The van der Waals surface area contributed by atoms with Crippen LogP contribution >= 0.6 is 0 Å². The molecule has 0 spiro atoms. The van der Waals surface area contributed by atoms with E-state index in [-0.39, 0.29) is 5.91 Å². The zero-order valence-corrected chi connectivity index (χ0v) is 14.7. The highest BCUT2D eigenvalue weighted by atomic mass is 16.3. The number of aromatic amines is 1. The Balaban J connectivity index is 1.52. The summed E-state index contributed by atoms with van der Waals surface area (Å²) in [5, 5.41) is 21.1. The Labute approximate surface area is 144 Å². The number of carbonyl (C=O) groups excluding carboxylic acids is 1. The second-order valence-corrected chi connectivity index (χ2v) is 7.54. The fourth-order valence-electron chi connectivity index (χ4n) is 4.05. The van der Waals surface area contributed by atoms with Gasteiger partial charge in [-0.1, -0.05) is 19.3 Å². The van der Waals surface area contributed by atoms with Crippen LogP contribution in [0.25, 0.3) is 0 Å². The van der Waals surface area contributed by atoms with E-state index in [0.29, 0.717) is 25.4 Å². The predicted molar refractivity (Wildman–Crippen MR) is 92.4 cm³/mol. The van der Waals surface area contributed by atoms with Crippen LogP contribution in [-0.2, 0) is 11.3 Å². The first kappa shape index (κ1) is 17.4. The molecule has 0 aromatic carbocycles. The molecule has 6 nitrogen and oxygen atoms in total. The van der Waals surface area contributed by atoms with Crippen LogP contribution in [0.3, 0.4) is 0 Å². The van der Waals surface area contributed by atoms with E-state index >= 15 is 0 Å². The number of hydrogen-bond donors (Lipinski definition) is 3. The number of amides is 1. The first-order valence-electron chi connectivity index (χ1n) is 9.30. The molecule has 1 aliphatic heterocycles. The summed E-state index contributed by atoms with van der Waals surface area (Å²) in [6.07, 6.45) is 7.74. The van der Waals surface area contributed by atoms with Gasteiger partial charge < -0.3 is 15.3 Å². The zero-order chi connectivity index (χ0) is 17.0. The molecule has 2 heterocycles. The van der Waals surface area contributed by atoms with Crippen LogP contribution in [0.2, 0.25) is 0 Å². The topological polar surface area (TPSA) is 81.2 Å². The molecule has 1 saturated carbocycles. The van der Waals surface area contributed by atoms with Gasteiger partial charge in [-0.25, -0.2) is 0 Å². The molecule has 3 N–H and O–H groups in total. The standard InChI is InChI=1S/C18H30N4O2/c1-14-10-16(21-20-14)11-19-13-18(24)8-5-9-22(17(18)23)12-15-6-3-2-4-7-15/h10,15,19,24H,2-9,11-13H2,1H3,(H,20,21). The van der Waals surface area contributed by atoms with Crippen molar-refractivity contribution in [2.75, 3.05) is 19.6 Å². The molecule has 0 radical (unpaired) electrons. The smallest absolute Gasteiger partial charge is 0.255 e. The van der Waals surface area contributed by atoms with Crippen molar-refractivity contribution in [2.24, 2.45) is 5.92 Å². The van der Waals surface area contributed by atoms with Gasteiger partial charge in [-0.2, -0.15) is 5.10 Å². The van der Waals surface area contributed by atoms with Gasteiger partial charge in [-0.3, -0.25) is 9.89 Å². The SMILES string of the molecule is Cc1cc(CNCC2(O)CCCN(CC3CCCCC3)C2=O)n[nH]1. The van der Waals surface area contributed by atoms with Crippen molar-refractivity contribution >= 4 is 5.91 Å². The van der Waals surface area contributed by atoms with E-state index in [1.807, 2.05) is 17.9 Å². The summed E-state index contributed by atoms with van der Waals surface area (Å²) in [6, 6.07) is 1.97. The predicted octanol–water partition coefficient (Wildman–Crippen LogP) is 1.74. The maximum atomic E-state index is 12.8. The average Bonchev–Trinajstić information content (AvgIpc) is 2.98. The number of aliphatic hydroxyl groups is 1.